The van der Waals surface area contributed by atoms with Gasteiger partial charge in [0.15, 0.2) is 0 Å². The molecule has 0 atom stereocenters. The van der Waals surface area contributed by atoms with Crippen LogP contribution in [0.15, 0.2) is 24.3 Å². The molecule has 0 aromatic heterocycles. The Morgan fingerprint density at radius 2 is 1.54 bits per heavy atom. The zero-order chi connectivity index (χ0) is 19.2. The molecule has 26 heavy (non-hydrogen) atoms. The average molecular weight is 372 g/mol. The largest absolute Gasteiger partial charge is 0.458 e. The van der Waals surface area contributed by atoms with E-state index in [1.165, 1.54) is 50.7 Å². The highest BCUT2D eigenvalue weighted by atomic mass is 19.4. The van der Waals surface area contributed by atoms with Crippen molar-refractivity contribution in [3.63, 3.8) is 0 Å². The van der Waals surface area contributed by atoms with Crippen molar-refractivity contribution in [1.82, 2.24) is 0 Å². The van der Waals surface area contributed by atoms with Crippen LogP contribution in [0.3, 0.4) is 0 Å². The predicted molar refractivity (Wildman–Crippen MR) is 92.9 cm³/mol. The number of hydrogen-bond acceptors (Lipinski definition) is 0. The molecule has 0 bridgehead atoms. The van der Waals surface area contributed by atoms with Crippen LogP contribution >= 0.6 is 0 Å². The van der Waals surface area contributed by atoms with Gasteiger partial charge >= 0.3 is 12.1 Å². The SMILES string of the molecule is CCCCCC1CCC(C#Cc2ccc(C(F)(F)C(F)(F)F)cc2)CC1. The molecule has 1 saturated carbocycles. The maximum absolute atomic E-state index is 13.3. The molecule has 0 aliphatic heterocycles. The Bertz CT molecular complexity index is 611. The van der Waals surface area contributed by atoms with Gasteiger partial charge < -0.3 is 0 Å². The molecule has 5 heteroatoms. The van der Waals surface area contributed by atoms with Gasteiger partial charge in [0.25, 0.3) is 0 Å². The molecule has 0 radical (unpaired) electrons. The van der Waals surface area contributed by atoms with Crippen molar-refractivity contribution < 1.29 is 22.0 Å². The van der Waals surface area contributed by atoms with Gasteiger partial charge in [-0.05, 0) is 43.7 Å². The first-order chi connectivity index (χ1) is 12.2. The molecule has 1 aromatic rings. The summed E-state index contributed by atoms with van der Waals surface area (Å²) in [7, 11) is 0. The molecular formula is C21H25F5. The van der Waals surface area contributed by atoms with Gasteiger partial charge in [0.2, 0.25) is 0 Å². The van der Waals surface area contributed by atoms with E-state index in [1.54, 1.807) is 0 Å². The summed E-state index contributed by atoms with van der Waals surface area (Å²) in [4.78, 5) is 0. The Balaban J connectivity index is 1.89. The fourth-order valence-corrected chi connectivity index (χ4v) is 3.39. The second-order valence-corrected chi connectivity index (χ2v) is 7.13. The van der Waals surface area contributed by atoms with E-state index in [-0.39, 0.29) is 5.92 Å². The summed E-state index contributed by atoms with van der Waals surface area (Å²) in [6.45, 7) is 2.20. The molecule has 2 rings (SSSR count). The summed E-state index contributed by atoms with van der Waals surface area (Å²) < 4.78 is 63.6. The topological polar surface area (TPSA) is 0 Å². The molecule has 1 aliphatic carbocycles. The fraction of sp³-hybridized carbons (Fsp3) is 0.619. The lowest BCUT2D eigenvalue weighted by atomic mass is 9.80. The van der Waals surface area contributed by atoms with Crippen LogP contribution in [-0.2, 0) is 5.92 Å². The van der Waals surface area contributed by atoms with E-state index in [4.69, 9.17) is 0 Å². The van der Waals surface area contributed by atoms with Gasteiger partial charge in [0.05, 0.1) is 0 Å². The second kappa shape index (κ2) is 8.88. The van der Waals surface area contributed by atoms with Crippen molar-refractivity contribution in [2.45, 2.75) is 70.4 Å². The van der Waals surface area contributed by atoms with Crippen molar-refractivity contribution in [3.8, 4) is 11.8 Å². The molecule has 144 valence electrons. The minimum Gasteiger partial charge on any atom is -0.191 e. The number of unbranched alkanes of at least 4 members (excludes halogenated alkanes) is 2. The van der Waals surface area contributed by atoms with Crippen molar-refractivity contribution in [1.29, 1.82) is 0 Å². The van der Waals surface area contributed by atoms with Crippen LogP contribution in [-0.4, -0.2) is 6.18 Å². The Kier molecular flexibility index (Phi) is 7.08. The Morgan fingerprint density at radius 1 is 0.923 bits per heavy atom. The molecule has 1 aromatic carbocycles. The van der Waals surface area contributed by atoms with E-state index >= 15 is 0 Å². The Labute approximate surface area is 152 Å². The summed E-state index contributed by atoms with van der Waals surface area (Å²) in [5, 5.41) is 0. The fourth-order valence-electron chi connectivity index (χ4n) is 3.39. The molecule has 0 N–H and O–H groups in total. The lowest BCUT2D eigenvalue weighted by Crippen LogP contribution is -2.33. The van der Waals surface area contributed by atoms with Gasteiger partial charge in [-0.3, -0.25) is 0 Å². The number of halogens is 5. The van der Waals surface area contributed by atoms with E-state index in [1.807, 2.05) is 0 Å². The van der Waals surface area contributed by atoms with Crippen LogP contribution in [0.2, 0.25) is 0 Å². The maximum atomic E-state index is 13.3. The highest BCUT2D eigenvalue weighted by molar-refractivity contribution is 5.38. The van der Waals surface area contributed by atoms with Gasteiger partial charge in [0.1, 0.15) is 0 Å². The first-order valence-electron chi connectivity index (χ1n) is 9.30. The van der Waals surface area contributed by atoms with Crippen molar-refractivity contribution in [2.24, 2.45) is 11.8 Å². The molecule has 0 saturated heterocycles. The van der Waals surface area contributed by atoms with Crippen molar-refractivity contribution in [3.05, 3.63) is 35.4 Å². The lowest BCUT2D eigenvalue weighted by molar-refractivity contribution is -0.289. The molecule has 0 amide bonds. The van der Waals surface area contributed by atoms with Crippen LogP contribution < -0.4 is 0 Å². The van der Waals surface area contributed by atoms with E-state index in [9.17, 15) is 22.0 Å². The number of benzene rings is 1. The van der Waals surface area contributed by atoms with Gasteiger partial charge in [-0.15, -0.1) is 0 Å². The molecule has 0 unspecified atom stereocenters. The highest BCUT2D eigenvalue weighted by Crippen LogP contribution is 2.43. The second-order valence-electron chi connectivity index (χ2n) is 7.13. The van der Waals surface area contributed by atoms with Gasteiger partial charge in [-0.2, -0.15) is 22.0 Å². The Hall–Kier alpha value is -1.57. The zero-order valence-electron chi connectivity index (χ0n) is 15.0. The smallest absolute Gasteiger partial charge is 0.191 e. The van der Waals surface area contributed by atoms with E-state index in [2.05, 4.69) is 18.8 Å². The van der Waals surface area contributed by atoms with Gasteiger partial charge in [-0.25, -0.2) is 0 Å². The third-order valence-electron chi connectivity index (χ3n) is 5.09. The van der Waals surface area contributed by atoms with Crippen LogP contribution in [0.25, 0.3) is 0 Å². The molecule has 1 fully saturated rings. The van der Waals surface area contributed by atoms with Crippen LogP contribution in [0.1, 0.15) is 69.4 Å². The summed E-state index contributed by atoms with van der Waals surface area (Å²) in [6, 6.07) is 4.08. The first kappa shape index (κ1) is 20.7. The minimum absolute atomic E-state index is 0.286. The number of hydrogen-bond donors (Lipinski definition) is 0. The summed E-state index contributed by atoms with van der Waals surface area (Å²) >= 11 is 0. The predicted octanol–water partition coefficient (Wildman–Crippen LogP) is 7.08. The third kappa shape index (κ3) is 5.46. The standard InChI is InChI=1S/C21H25F5/c1-2-3-4-5-16-6-8-17(9-7-16)10-11-18-12-14-19(15-13-18)20(22,23)21(24,25)26/h12-17H,2-9H2,1H3. The average Bonchev–Trinajstić information content (AvgIpc) is 2.61. The monoisotopic (exact) mass is 372 g/mol. The first-order valence-corrected chi connectivity index (χ1v) is 9.30. The maximum Gasteiger partial charge on any atom is 0.458 e. The summed E-state index contributed by atoms with van der Waals surface area (Å²) in [6.07, 6.45) is 3.89. The van der Waals surface area contributed by atoms with E-state index in [0.717, 1.165) is 30.9 Å². The van der Waals surface area contributed by atoms with Crippen LogP contribution in [0.4, 0.5) is 22.0 Å². The normalized spacial score (nSPS) is 21.2. The molecular weight excluding hydrogens is 347 g/mol. The number of rotatable bonds is 5. The molecule has 0 spiro atoms. The van der Waals surface area contributed by atoms with E-state index in [0.29, 0.717) is 5.56 Å². The zero-order valence-corrected chi connectivity index (χ0v) is 15.0. The summed E-state index contributed by atoms with van der Waals surface area (Å²) in [5.74, 6) is 2.31. The lowest BCUT2D eigenvalue weighted by Gasteiger charge is -2.25. The number of alkyl halides is 5. The van der Waals surface area contributed by atoms with Crippen LogP contribution in [0, 0.1) is 23.7 Å². The van der Waals surface area contributed by atoms with E-state index < -0.39 is 17.7 Å². The van der Waals surface area contributed by atoms with Gasteiger partial charge in [-0.1, -0.05) is 56.6 Å². The highest BCUT2D eigenvalue weighted by Gasteiger charge is 2.58. The summed E-state index contributed by atoms with van der Waals surface area (Å²) in [5.41, 5.74) is -0.583. The minimum atomic E-state index is -5.59. The molecule has 0 nitrogen and oxygen atoms in total. The Morgan fingerprint density at radius 3 is 2.08 bits per heavy atom. The van der Waals surface area contributed by atoms with Crippen molar-refractivity contribution in [2.75, 3.05) is 0 Å². The van der Waals surface area contributed by atoms with Crippen molar-refractivity contribution >= 4 is 0 Å². The van der Waals surface area contributed by atoms with Crippen LogP contribution in [0.5, 0.6) is 0 Å². The third-order valence-corrected chi connectivity index (χ3v) is 5.09. The van der Waals surface area contributed by atoms with Gasteiger partial charge in [0, 0.05) is 17.0 Å². The quantitative estimate of drug-likeness (QED) is 0.294. The molecule has 1 aliphatic rings. The molecule has 0 heterocycles.